The average molecular weight is 239 g/mol. The maximum Gasteiger partial charge on any atom is 0.224 e. The lowest BCUT2D eigenvalue weighted by Gasteiger charge is -2.29. The highest BCUT2D eigenvalue weighted by Crippen LogP contribution is 2.09. The van der Waals surface area contributed by atoms with Crippen LogP contribution in [0.4, 0.5) is 4.39 Å². The first-order valence-corrected chi connectivity index (χ1v) is 5.55. The summed E-state index contributed by atoms with van der Waals surface area (Å²) in [7, 11) is 0. The van der Waals surface area contributed by atoms with E-state index in [1.54, 1.807) is 32.9 Å². The summed E-state index contributed by atoms with van der Waals surface area (Å²) in [6, 6.07) is 5.79. The van der Waals surface area contributed by atoms with Gasteiger partial charge in [0.15, 0.2) is 0 Å². The SMILES string of the molecule is CC(O)C(C)(C)NC(=O)Cc1ccc(F)cc1. The van der Waals surface area contributed by atoms with Crippen molar-refractivity contribution >= 4 is 5.91 Å². The number of amides is 1. The van der Waals surface area contributed by atoms with Crippen LogP contribution < -0.4 is 5.32 Å². The van der Waals surface area contributed by atoms with Crippen LogP contribution in [-0.2, 0) is 11.2 Å². The molecular formula is C13H18FNO2. The molecule has 0 aromatic heterocycles. The summed E-state index contributed by atoms with van der Waals surface area (Å²) in [5, 5.41) is 12.2. The molecule has 94 valence electrons. The lowest BCUT2D eigenvalue weighted by Crippen LogP contribution is -2.51. The van der Waals surface area contributed by atoms with Gasteiger partial charge in [-0.05, 0) is 38.5 Å². The van der Waals surface area contributed by atoms with E-state index in [0.717, 1.165) is 5.56 Å². The second-order valence-corrected chi connectivity index (χ2v) is 4.75. The molecular weight excluding hydrogens is 221 g/mol. The molecule has 0 heterocycles. The molecule has 2 N–H and O–H groups in total. The van der Waals surface area contributed by atoms with E-state index in [4.69, 9.17) is 0 Å². The zero-order valence-corrected chi connectivity index (χ0v) is 10.3. The maximum absolute atomic E-state index is 12.7. The Kier molecular flexibility index (Phi) is 4.23. The minimum absolute atomic E-state index is 0.177. The fourth-order valence-corrected chi connectivity index (χ4v) is 1.30. The molecule has 1 aromatic rings. The van der Waals surface area contributed by atoms with Crippen LogP contribution in [0, 0.1) is 5.82 Å². The van der Waals surface area contributed by atoms with Crippen molar-refractivity contribution in [3.8, 4) is 0 Å². The van der Waals surface area contributed by atoms with Crippen LogP contribution in [0.5, 0.6) is 0 Å². The molecule has 1 rings (SSSR count). The number of aliphatic hydroxyl groups excluding tert-OH is 1. The van der Waals surface area contributed by atoms with Crippen LogP contribution in [-0.4, -0.2) is 22.7 Å². The molecule has 17 heavy (non-hydrogen) atoms. The van der Waals surface area contributed by atoms with Crippen LogP contribution in [0.1, 0.15) is 26.3 Å². The van der Waals surface area contributed by atoms with Gasteiger partial charge in [0.05, 0.1) is 18.1 Å². The lowest BCUT2D eigenvalue weighted by atomic mass is 9.98. The zero-order chi connectivity index (χ0) is 13.1. The Morgan fingerprint density at radius 3 is 2.41 bits per heavy atom. The van der Waals surface area contributed by atoms with Crippen molar-refractivity contribution in [3.05, 3.63) is 35.6 Å². The molecule has 1 unspecified atom stereocenters. The number of aliphatic hydroxyl groups is 1. The zero-order valence-electron chi connectivity index (χ0n) is 10.3. The molecule has 0 aliphatic rings. The number of nitrogens with one attached hydrogen (secondary N) is 1. The Morgan fingerprint density at radius 1 is 1.41 bits per heavy atom. The minimum atomic E-state index is -0.670. The monoisotopic (exact) mass is 239 g/mol. The van der Waals surface area contributed by atoms with Gasteiger partial charge in [-0.2, -0.15) is 0 Å². The molecule has 0 spiro atoms. The Hall–Kier alpha value is -1.42. The van der Waals surface area contributed by atoms with Crippen LogP contribution in [0.25, 0.3) is 0 Å². The van der Waals surface area contributed by atoms with Crippen molar-refractivity contribution in [2.45, 2.75) is 38.8 Å². The predicted octanol–water partition coefficient (Wildman–Crippen LogP) is 1.64. The summed E-state index contributed by atoms with van der Waals surface area (Å²) < 4.78 is 12.7. The molecule has 0 saturated carbocycles. The lowest BCUT2D eigenvalue weighted by molar-refractivity contribution is -0.123. The summed E-state index contributed by atoms with van der Waals surface area (Å²) in [5.74, 6) is -0.513. The number of carbonyl (C=O) groups excluding carboxylic acids is 1. The van der Waals surface area contributed by atoms with Crippen LogP contribution in [0.2, 0.25) is 0 Å². The minimum Gasteiger partial charge on any atom is -0.391 e. The summed E-state index contributed by atoms with van der Waals surface area (Å²) in [5.41, 5.74) is 0.0715. The van der Waals surface area contributed by atoms with Crippen LogP contribution in [0.3, 0.4) is 0 Å². The first-order chi connectivity index (χ1) is 7.81. The number of rotatable bonds is 4. The highest BCUT2D eigenvalue weighted by Gasteiger charge is 2.25. The summed E-state index contributed by atoms with van der Waals surface area (Å²) in [6.45, 7) is 5.12. The first kappa shape index (κ1) is 13.6. The van der Waals surface area contributed by atoms with Gasteiger partial charge < -0.3 is 10.4 Å². The standard InChI is InChI=1S/C13H18FNO2/c1-9(16)13(2,3)15-12(17)8-10-4-6-11(14)7-5-10/h4-7,9,16H,8H2,1-3H3,(H,15,17). The van der Waals surface area contributed by atoms with Crippen molar-refractivity contribution in [3.63, 3.8) is 0 Å². The number of benzene rings is 1. The second-order valence-electron chi connectivity index (χ2n) is 4.75. The van der Waals surface area contributed by atoms with Gasteiger partial charge in [0.25, 0.3) is 0 Å². The van der Waals surface area contributed by atoms with Gasteiger partial charge in [0.1, 0.15) is 5.82 Å². The van der Waals surface area contributed by atoms with Gasteiger partial charge in [-0.15, -0.1) is 0 Å². The van der Waals surface area contributed by atoms with Crippen molar-refractivity contribution in [1.29, 1.82) is 0 Å². The summed E-state index contributed by atoms with van der Waals surface area (Å²) >= 11 is 0. The number of hydrogen-bond acceptors (Lipinski definition) is 2. The Morgan fingerprint density at radius 2 is 1.94 bits per heavy atom. The predicted molar refractivity (Wildman–Crippen MR) is 64.0 cm³/mol. The van der Waals surface area contributed by atoms with Crippen LogP contribution in [0.15, 0.2) is 24.3 Å². The molecule has 0 aliphatic carbocycles. The number of hydrogen-bond donors (Lipinski definition) is 2. The highest BCUT2D eigenvalue weighted by atomic mass is 19.1. The van der Waals surface area contributed by atoms with Crippen molar-refractivity contribution in [2.75, 3.05) is 0 Å². The van der Waals surface area contributed by atoms with E-state index in [0.29, 0.717) is 0 Å². The molecule has 0 bridgehead atoms. The molecule has 1 atom stereocenters. The number of halogens is 1. The summed E-state index contributed by atoms with van der Waals surface area (Å²) in [4.78, 5) is 11.7. The average Bonchev–Trinajstić information content (AvgIpc) is 2.20. The first-order valence-electron chi connectivity index (χ1n) is 5.55. The fraction of sp³-hybridized carbons (Fsp3) is 0.462. The Bertz CT molecular complexity index is 385. The summed E-state index contributed by atoms with van der Waals surface area (Å²) in [6.07, 6.45) is -0.462. The van der Waals surface area contributed by atoms with E-state index in [2.05, 4.69) is 5.32 Å². The topological polar surface area (TPSA) is 49.3 Å². The molecule has 1 aromatic carbocycles. The molecule has 0 saturated heterocycles. The van der Waals surface area contributed by atoms with Crippen molar-refractivity contribution < 1.29 is 14.3 Å². The molecule has 4 heteroatoms. The largest absolute Gasteiger partial charge is 0.391 e. The van der Waals surface area contributed by atoms with Crippen LogP contribution >= 0.6 is 0 Å². The quantitative estimate of drug-likeness (QED) is 0.839. The van der Waals surface area contributed by atoms with E-state index < -0.39 is 11.6 Å². The number of carbonyl (C=O) groups is 1. The molecule has 0 fully saturated rings. The van der Waals surface area contributed by atoms with E-state index >= 15 is 0 Å². The fourth-order valence-electron chi connectivity index (χ4n) is 1.30. The third kappa shape index (κ3) is 4.15. The smallest absolute Gasteiger partial charge is 0.224 e. The Labute approximate surface area is 101 Å². The second kappa shape index (κ2) is 5.27. The van der Waals surface area contributed by atoms with E-state index in [1.165, 1.54) is 12.1 Å². The van der Waals surface area contributed by atoms with E-state index in [1.807, 2.05) is 0 Å². The molecule has 1 amide bonds. The van der Waals surface area contributed by atoms with Gasteiger partial charge in [0, 0.05) is 0 Å². The van der Waals surface area contributed by atoms with Gasteiger partial charge in [-0.3, -0.25) is 4.79 Å². The molecule has 3 nitrogen and oxygen atoms in total. The van der Waals surface area contributed by atoms with Gasteiger partial charge >= 0.3 is 0 Å². The third-order valence-corrected chi connectivity index (χ3v) is 2.78. The normalized spacial score (nSPS) is 13.2. The Balaban J connectivity index is 2.59. The highest BCUT2D eigenvalue weighted by molar-refractivity contribution is 5.79. The van der Waals surface area contributed by atoms with E-state index in [-0.39, 0.29) is 18.1 Å². The third-order valence-electron chi connectivity index (χ3n) is 2.78. The van der Waals surface area contributed by atoms with E-state index in [9.17, 15) is 14.3 Å². The van der Waals surface area contributed by atoms with Gasteiger partial charge in [0.2, 0.25) is 5.91 Å². The van der Waals surface area contributed by atoms with Gasteiger partial charge in [-0.25, -0.2) is 4.39 Å². The van der Waals surface area contributed by atoms with Crippen molar-refractivity contribution in [1.82, 2.24) is 5.32 Å². The molecule has 0 aliphatic heterocycles. The van der Waals surface area contributed by atoms with Crippen molar-refractivity contribution in [2.24, 2.45) is 0 Å². The molecule has 0 radical (unpaired) electrons. The van der Waals surface area contributed by atoms with Gasteiger partial charge in [-0.1, -0.05) is 12.1 Å². The maximum atomic E-state index is 12.7.